The van der Waals surface area contributed by atoms with Crippen LogP contribution in [0.3, 0.4) is 0 Å². The minimum absolute atomic E-state index is 0.00371. The topological polar surface area (TPSA) is 81.7 Å². The first-order valence-electron chi connectivity index (χ1n) is 9.28. The minimum atomic E-state index is -0.356. The average molecular weight is 359 g/mol. The van der Waals surface area contributed by atoms with Gasteiger partial charge in [-0.15, -0.1) is 0 Å². The Morgan fingerprint density at radius 1 is 1.08 bits per heavy atom. The fraction of sp³-hybridized carbons (Fsp3) is 0.550. The Labute approximate surface area is 153 Å². The van der Waals surface area contributed by atoms with E-state index in [1.807, 2.05) is 30.3 Å². The van der Waals surface area contributed by atoms with Crippen LogP contribution >= 0.6 is 0 Å². The summed E-state index contributed by atoms with van der Waals surface area (Å²) in [5.41, 5.74) is 0. The molecular weight excluding hydrogens is 334 g/mol. The van der Waals surface area contributed by atoms with E-state index in [0.29, 0.717) is 31.8 Å². The highest BCUT2D eigenvalue weighted by molar-refractivity contribution is 5.87. The summed E-state index contributed by atoms with van der Waals surface area (Å²) in [6.45, 7) is 0.398. The SMILES string of the molecule is O=C(COC(=O)C1C[C@H]2CCC[C@@H](C1)C2=O)NCCOc1ccccc1. The molecule has 0 saturated heterocycles. The summed E-state index contributed by atoms with van der Waals surface area (Å²) in [5.74, 6) is 0.111. The molecule has 2 aliphatic carbocycles. The molecular formula is C20H25NO5. The van der Waals surface area contributed by atoms with Gasteiger partial charge in [-0.1, -0.05) is 24.6 Å². The lowest BCUT2D eigenvalue weighted by atomic mass is 9.67. The highest BCUT2D eigenvalue weighted by Crippen LogP contribution is 2.40. The van der Waals surface area contributed by atoms with Crippen LogP contribution in [0.1, 0.15) is 32.1 Å². The second kappa shape index (κ2) is 8.83. The van der Waals surface area contributed by atoms with Crippen LogP contribution in [0.15, 0.2) is 30.3 Å². The van der Waals surface area contributed by atoms with Crippen molar-refractivity contribution < 1.29 is 23.9 Å². The Morgan fingerprint density at radius 2 is 1.77 bits per heavy atom. The zero-order valence-corrected chi connectivity index (χ0v) is 14.8. The van der Waals surface area contributed by atoms with Crippen molar-refractivity contribution in [1.82, 2.24) is 5.32 Å². The molecule has 2 bridgehead atoms. The molecule has 1 amide bonds. The first-order valence-corrected chi connectivity index (χ1v) is 9.28. The van der Waals surface area contributed by atoms with Crippen molar-refractivity contribution in [2.75, 3.05) is 19.8 Å². The third-order valence-electron chi connectivity index (χ3n) is 5.16. The molecule has 140 valence electrons. The molecule has 1 N–H and O–H groups in total. The van der Waals surface area contributed by atoms with Crippen molar-refractivity contribution in [3.8, 4) is 5.75 Å². The Hall–Kier alpha value is -2.37. The van der Waals surface area contributed by atoms with E-state index in [9.17, 15) is 14.4 Å². The highest BCUT2D eigenvalue weighted by Gasteiger charge is 2.41. The highest BCUT2D eigenvalue weighted by atomic mass is 16.5. The standard InChI is InChI=1S/C20H25NO5/c22-18(21-9-10-25-17-7-2-1-3-8-17)13-26-20(24)16-11-14-5-4-6-15(12-16)19(14)23/h1-3,7-8,14-16H,4-6,9-13H2,(H,21,22)/t14-,15+,16?. The number of hydrogen-bond acceptors (Lipinski definition) is 5. The largest absolute Gasteiger partial charge is 0.492 e. The predicted octanol–water partition coefficient (Wildman–Crippen LogP) is 2.12. The minimum Gasteiger partial charge on any atom is -0.492 e. The van der Waals surface area contributed by atoms with Crippen LogP contribution in [0, 0.1) is 17.8 Å². The number of nitrogens with one attached hydrogen (secondary N) is 1. The quantitative estimate of drug-likeness (QED) is 0.596. The van der Waals surface area contributed by atoms with Gasteiger partial charge in [-0.3, -0.25) is 14.4 Å². The lowest BCUT2D eigenvalue weighted by molar-refractivity contribution is -0.156. The fourth-order valence-corrected chi connectivity index (χ4v) is 3.85. The number of hydrogen-bond donors (Lipinski definition) is 1. The Balaban J connectivity index is 1.32. The van der Waals surface area contributed by atoms with E-state index in [4.69, 9.17) is 9.47 Å². The van der Waals surface area contributed by atoms with Gasteiger partial charge < -0.3 is 14.8 Å². The summed E-state index contributed by atoms with van der Waals surface area (Å²) in [4.78, 5) is 36.1. The fourth-order valence-electron chi connectivity index (χ4n) is 3.85. The second-order valence-corrected chi connectivity index (χ2v) is 7.01. The second-order valence-electron chi connectivity index (χ2n) is 7.01. The van der Waals surface area contributed by atoms with Crippen molar-refractivity contribution in [3.05, 3.63) is 30.3 Å². The van der Waals surface area contributed by atoms with Crippen LogP contribution in [0.4, 0.5) is 0 Å². The number of fused-ring (bicyclic) bond motifs is 2. The Morgan fingerprint density at radius 3 is 2.46 bits per heavy atom. The van der Waals surface area contributed by atoms with Gasteiger partial charge in [0.15, 0.2) is 6.61 Å². The Kier molecular flexibility index (Phi) is 6.26. The van der Waals surface area contributed by atoms with Gasteiger partial charge in [-0.2, -0.15) is 0 Å². The van der Waals surface area contributed by atoms with E-state index in [1.54, 1.807) is 0 Å². The van der Waals surface area contributed by atoms with Crippen molar-refractivity contribution >= 4 is 17.7 Å². The lowest BCUT2D eigenvalue weighted by Gasteiger charge is -2.36. The van der Waals surface area contributed by atoms with Gasteiger partial charge in [-0.25, -0.2) is 0 Å². The summed E-state index contributed by atoms with van der Waals surface area (Å²) in [5, 5.41) is 2.66. The molecule has 1 aromatic carbocycles. The van der Waals surface area contributed by atoms with Crippen LogP contribution in [0.5, 0.6) is 5.75 Å². The molecule has 1 unspecified atom stereocenters. The maximum atomic E-state index is 12.2. The van der Waals surface area contributed by atoms with Crippen LogP contribution < -0.4 is 10.1 Å². The average Bonchev–Trinajstić information content (AvgIpc) is 2.64. The number of ketones is 1. The molecule has 0 aliphatic heterocycles. The van der Waals surface area contributed by atoms with E-state index in [1.165, 1.54) is 0 Å². The molecule has 26 heavy (non-hydrogen) atoms. The zero-order valence-electron chi connectivity index (χ0n) is 14.8. The summed E-state index contributed by atoms with van der Waals surface area (Å²) < 4.78 is 10.6. The lowest BCUT2D eigenvalue weighted by Crippen LogP contribution is -2.40. The van der Waals surface area contributed by atoms with Gasteiger partial charge >= 0.3 is 5.97 Å². The third-order valence-corrected chi connectivity index (χ3v) is 5.16. The van der Waals surface area contributed by atoms with Gasteiger partial charge in [-0.05, 0) is 37.8 Å². The molecule has 2 saturated carbocycles. The van der Waals surface area contributed by atoms with Gasteiger partial charge in [0.2, 0.25) is 0 Å². The molecule has 0 spiro atoms. The van der Waals surface area contributed by atoms with E-state index < -0.39 is 0 Å². The number of Topliss-reactive ketones (excluding diaryl/α,β-unsaturated/α-hetero) is 1. The van der Waals surface area contributed by atoms with Crippen molar-refractivity contribution in [1.29, 1.82) is 0 Å². The third kappa shape index (κ3) is 4.84. The first-order chi connectivity index (χ1) is 12.6. The predicted molar refractivity (Wildman–Crippen MR) is 94.5 cm³/mol. The van der Waals surface area contributed by atoms with E-state index in [2.05, 4.69) is 5.32 Å². The molecule has 0 heterocycles. The molecule has 2 fully saturated rings. The number of carbonyl (C=O) groups excluding carboxylic acids is 3. The molecule has 0 aromatic heterocycles. The van der Waals surface area contributed by atoms with Gasteiger partial charge in [0, 0.05) is 11.8 Å². The number of benzene rings is 1. The van der Waals surface area contributed by atoms with Crippen molar-refractivity contribution in [2.24, 2.45) is 17.8 Å². The first kappa shape index (κ1) is 18.4. The van der Waals surface area contributed by atoms with Gasteiger partial charge in [0.1, 0.15) is 18.1 Å². The summed E-state index contributed by atoms with van der Waals surface area (Å²) in [6, 6.07) is 9.33. The van der Waals surface area contributed by atoms with Crippen molar-refractivity contribution in [3.63, 3.8) is 0 Å². The smallest absolute Gasteiger partial charge is 0.309 e. The molecule has 1 aromatic rings. The molecule has 3 rings (SSSR count). The van der Waals surface area contributed by atoms with E-state index in [-0.39, 0.29) is 36.2 Å². The Bertz CT molecular complexity index is 629. The van der Waals surface area contributed by atoms with Crippen LogP contribution in [0.25, 0.3) is 0 Å². The van der Waals surface area contributed by atoms with Gasteiger partial charge in [0.05, 0.1) is 12.5 Å². The van der Waals surface area contributed by atoms with Crippen LogP contribution in [-0.2, 0) is 19.1 Å². The number of carbonyl (C=O) groups is 3. The van der Waals surface area contributed by atoms with E-state index >= 15 is 0 Å². The number of amides is 1. The molecule has 6 nitrogen and oxygen atoms in total. The normalized spacial score (nSPS) is 24.6. The van der Waals surface area contributed by atoms with Crippen LogP contribution in [0.2, 0.25) is 0 Å². The summed E-state index contributed by atoms with van der Waals surface area (Å²) in [7, 11) is 0. The maximum absolute atomic E-state index is 12.2. The molecule has 0 radical (unpaired) electrons. The summed E-state index contributed by atoms with van der Waals surface area (Å²) in [6.07, 6.45) is 3.96. The van der Waals surface area contributed by atoms with E-state index in [0.717, 1.165) is 25.0 Å². The number of rotatable bonds is 7. The zero-order chi connectivity index (χ0) is 18.4. The van der Waals surface area contributed by atoms with Gasteiger partial charge in [0.25, 0.3) is 5.91 Å². The summed E-state index contributed by atoms with van der Waals surface area (Å²) >= 11 is 0. The van der Waals surface area contributed by atoms with Crippen LogP contribution in [-0.4, -0.2) is 37.4 Å². The number of ether oxygens (including phenoxy) is 2. The van der Waals surface area contributed by atoms with Crippen molar-refractivity contribution in [2.45, 2.75) is 32.1 Å². The molecule has 2 aliphatic rings. The molecule has 3 atom stereocenters. The maximum Gasteiger partial charge on any atom is 0.309 e. The number of para-hydroxylation sites is 1. The molecule has 6 heteroatoms. The number of esters is 1. The monoisotopic (exact) mass is 359 g/mol.